The van der Waals surface area contributed by atoms with Gasteiger partial charge >= 0.3 is 0 Å². The molecule has 1 rings (SSSR count). The predicted octanol–water partition coefficient (Wildman–Crippen LogP) is -0.317. The van der Waals surface area contributed by atoms with Crippen molar-refractivity contribution in [1.82, 2.24) is 9.80 Å². The summed E-state index contributed by atoms with van der Waals surface area (Å²) in [6.45, 7) is 4.00. The highest BCUT2D eigenvalue weighted by Crippen LogP contribution is 2.00. The van der Waals surface area contributed by atoms with Gasteiger partial charge in [-0.1, -0.05) is 0 Å². The van der Waals surface area contributed by atoms with Crippen molar-refractivity contribution in [2.75, 3.05) is 26.8 Å². The summed E-state index contributed by atoms with van der Waals surface area (Å²) in [4.78, 5) is 4.01. The summed E-state index contributed by atoms with van der Waals surface area (Å²) in [5.74, 6) is 0. The van der Waals surface area contributed by atoms with Crippen molar-refractivity contribution < 1.29 is 5.11 Å². The van der Waals surface area contributed by atoms with Crippen LogP contribution in [0.1, 0.15) is 0 Å². The molecule has 0 bridgehead atoms. The highest BCUT2D eigenvalue weighted by Gasteiger charge is 2.14. The minimum absolute atomic E-state index is 0.858. The first-order valence-electron chi connectivity index (χ1n) is 2.73. The summed E-state index contributed by atoms with van der Waals surface area (Å²) in [5, 5.41) is 8.46. The van der Waals surface area contributed by atoms with Crippen LogP contribution in [-0.4, -0.2) is 41.7 Å². The number of hydrogen-bond acceptors (Lipinski definition) is 3. The number of aliphatic hydroxyl groups is 1. The molecule has 47 valence electrons. The van der Waals surface area contributed by atoms with Gasteiger partial charge in [0.05, 0.1) is 6.67 Å². The molecule has 0 spiro atoms. The Balaban J connectivity index is 2.22. The van der Waals surface area contributed by atoms with Crippen molar-refractivity contribution in [3.63, 3.8) is 0 Å². The van der Waals surface area contributed by atoms with Gasteiger partial charge in [0.1, 0.15) is 6.73 Å². The highest BCUT2D eigenvalue weighted by atomic mass is 16.3. The van der Waals surface area contributed by atoms with Crippen molar-refractivity contribution in [2.24, 2.45) is 0 Å². The van der Waals surface area contributed by atoms with Gasteiger partial charge in [-0.15, -0.1) is 0 Å². The quantitative estimate of drug-likeness (QED) is 0.507. The molecule has 1 N–H and O–H groups in total. The zero-order valence-electron chi connectivity index (χ0n) is 5.04. The highest BCUT2D eigenvalue weighted by molar-refractivity contribution is 4.68. The van der Waals surface area contributed by atoms with Gasteiger partial charge in [0.2, 0.25) is 0 Å². The molecule has 3 heteroatoms. The lowest BCUT2D eigenvalue weighted by atomic mass is 10.6. The standard InChI is InChI=1S/C5H11N2O/c1-6-2-3-7(4-6)5-8/h5,8H,2-4H2,1H3. The normalized spacial score (nSPS) is 24.8. The number of nitrogens with zero attached hydrogens (tertiary/aromatic N) is 2. The summed E-state index contributed by atoms with van der Waals surface area (Å²) in [6, 6.07) is 0. The first-order chi connectivity index (χ1) is 3.83. The predicted molar refractivity (Wildman–Crippen MR) is 30.4 cm³/mol. The lowest BCUT2D eigenvalue weighted by Gasteiger charge is -2.08. The van der Waals surface area contributed by atoms with Gasteiger partial charge < -0.3 is 5.11 Å². The fraction of sp³-hybridized carbons (Fsp3) is 0.800. The lowest BCUT2D eigenvalue weighted by molar-refractivity contribution is 0.194. The third-order valence-electron chi connectivity index (χ3n) is 1.36. The maximum Gasteiger partial charge on any atom is 0.148 e. The SMILES string of the molecule is CN1CCN([CH]O)C1. The minimum atomic E-state index is 0.858. The Morgan fingerprint density at radius 3 is 2.50 bits per heavy atom. The summed E-state index contributed by atoms with van der Waals surface area (Å²) < 4.78 is 0. The third-order valence-corrected chi connectivity index (χ3v) is 1.36. The van der Waals surface area contributed by atoms with E-state index >= 15 is 0 Å². The second kappa shape index (κ2) is 2.44. The van der Waals surface area contributed by atoms with E-state index in [1.165, 1.54) is 0 Å². The van der Waals surface area contributed by atoms with E-state index in [1.54, 1.807) is 0 Å². The number of aliphatic hydroxyl groups excluding tert-OH is 1. The largest absolute Gasteiger partial charge is 0.374 e. The second-order valence-corrected chi connectivity index (χ2v) is 2.15. The minimum Gasteiger partial charge on any atom is -0.374 e. The van der Waals surface area contributed by atoms with Crippen LogP contribution in [0.2, 0.25) is 0 Å². The zero-order valence-corrected chi connectivity index (χ0v) is 5.04. The maximum atomic E-state index is 8.46. The molecule has 0 aliphatic carbocycles. The molecule has 1 radical (unpaired) electrons. The summed E-state index contributed by atoms with van der Waals surface area (Å²) in [6.07, 6.45) is 0. The van der Waals surface area contributed by atoms with Crippen LogP contribution in [0, 0.1) is 6.73 Å². The molecule has 0 atom stereocenters. The fourth-order valence-electron chi connectivity index (χ4n) is 0.845. The fourth-order valence-corrected chi connectivity index (χ4v) is 0.845. The summed E-state index contributed by atoms with van der Waals surface area (Å²) >= 11 is 0. The average Bonchev–Trinajstić information content (AvgIpc) is 2.14. The smallest absolute Gasteiger partial charge is 0.148 e. The van der Waals surface area contributed by atoms with Gasteiger partial charge in [0.15, 0.2) is 0 Å². The molecule has 1 aliphatic heterocycles. The van der Waals surface area contributed by atoms with E-state index in [9.17, 15) is 0 Å². The average molecular weight is 115 g/mol. The van der Waals surface area contributed by atoms with Gasteiger partial charge in [0.25, 0.3) is 0 Å². The number of rotatable bonds is 1. The van der Waals surface area contributed by atoms with E-state index in [1.807, 2.05) is 11.9 Å². The Bertz CT molecular complexity index is 76.8. The van der Waals surface area contributed by atoms with Gasteiger partial charge in [-0.3, -0.25) is 9.80 Å². The lowest BCUT2D eigenvalue weighted by Crippen LogP contribution is -2.20. The molecule has 0 aromatic heterocycles. The monoisotopic (exact) mass is 115 g/mol. The van der Waals surface area contributed by atoms with E-state index in [0.717, 1.165) is 26.5 Å². The molecule has 1 fully saturated rings. The van der Waals surface area contributed by atoms with Crippen molar-refractivity contribution in [3.05, 3.63) is 6.73 Å². The Labute approximate surface area is 49.5 Å². The van der Waals surface area contributed by atoms with Crippen molar-refractivity contribution >= 4 is 0 Å². The summed E-state index contributed by atoms with van der Waals surface area (Å²) in [7, 11) is 2.03. The summed E-state index contributed by atoms with van der Waals surface area (Å²) in [5.41, 5.74) is 0. The van der Waals surface area contributed by atoms with Crippen LogP contribution < -0.4 is 0 Å². The van der Waals surface area contributed by atoms with E-state index < -0.39 is 0 Å². The van der Waals surface area contributed by atoms with Crippen LogP contribution in [0.5, 0.6) is 0 Å². The van der Waals surface area contributed by atoms with Gasteiger partial charge in [-0.2, -0.15) is 0 Å². The number of hydrogen-bond donors (Lipinski definition) is 1. The molecule has 3 nitrogen and oxygen atoms in total. The van der Waals surface area contributed by atoms with Crippen molar-refractivity contribution in [3.8, 4) is 0 Å². The maximum absolute atomic E-state index is 8.46. The topological polar surface area (TPSA) is 26.7 Å². The number of likely N-dealkylation sites (N-methyl/N-ethyl adjacent to an activating group) is 1. The molecule has 8 heavy (non-hydrogen) atoms. The van der Waals surface area contributed by atoms with E-state index in [0.29, 0.717) is 0 Å². The van der Waals surface area contributed by atoms with Crippen LogP contribution in [0.4, 0.5) is 0 Å². The first-order valence-corrected chi connectivity index (χ1v) is 2.73. The molecule has 1 heterocycles. The van der Waals surface area contributed by atoms with Gasteiger partial charge in [-0.25, -0.2) is 0 Å². The Hall–Kier alpha value is -0.120. The molecule has 0 aromatic rings. The molecule has 1 saturated heterocycles. The van der Waals surface area contributed by atoms with E-state index in [-0.39, 0.29) is 0 Å². The van der Waals surface area contributed by atoms with E-state index in [4.69, 9.17) is 5.11 Å². The van der Waals surface area contributed by atoms with E-state index in [2.05, 4.69) is 4.90 Å². The molecule has 0 amide bonds. The van der Waals surface area contributed by atoms with Crippen LogP contribution in [-0.2, 0) is 0 Å². The molecule has 0 saturated carbocycles. The van der Waals surface area contributed by atoms with Crippen molar-refractivity contribution in [2.45, 2.75) is 0 Å². The van der Waals surface area contributed by atoms with Gasteiger partial charge in [0, 0.05) is 13.1 Å². The zero-order chi connectivity index (χ0) is 5.98. The van der Waals surface area contributed by atoms with Crippen LogP contribution >= 0.6 is 0 Å². The third kappa shape index (κ3) is 1.18. The Morgan fingerprint density at radius 1 is 1.50 bits per heavy atom. The van der Waals surface area contributed by atoms with Crippen LogP contribution in [0.15, 0.2) is 0 Å². The van der Waals surface area contributed by atoms with Crippen LogP contribution in [0.25, 0.3) is 0 Å². The molecule has 0 aromatic carbocycles. The molecule has 0 unspecified atom stereocenters. The Morgan fingerprint density at radius 2 is 2.25 bits per heavy atom. The molecule has 1 aliphatic rings. The molecular weight excluding hydrogens is 104 g/mol. The molecular formula is C5H11N2O. The van der Waals surface area contributed by atoms with Gasteiger partial charge in [-0.05, 0) is 7.05 Å². The van der Waals surface area contributed by atoms with Crippen LogP contribution in [0.3, 0.4) is 0 Å². The first kappa shape index (κ1) is 6.01. The Kier molecular flexibility index (Phi) is 1.83. The van der Waals surface area contributed by atoms with Crippen molar-refractivity contribution in [1.29, 1.82) is 0 Å². The second-order valence-electron chi connectivity index (χ2n) is 2.15.